The standard InChI is InChI=1S/C17H22O3Si/c1-17(2,3)21(4,5)20-15-11-10-14(16(18)19)12-8-6-7-9-13(12)15/h6-11H,1-5H3,(H,18,19). The Labute approximate surface area is 126 Å². The van der Waals surface area contributed by atoms with Gasteiger partial charge >= 0.3 is 5.97 Å². The third-order valence-corrected chi connectivity index (χ3v) is 8.63. The van der Waals surface area contributed by atoms with E-state index >= 15 is 0 Å². The molecule has 3 nitrogen and oxygen atoms in total. The second-order valence-corrected chi connectivity index (χ2v) is 11.5. The van der Waals surface area contributed by atoms with E-state index in [-0.39, 0.29) is 5.04 Å². The lowest BCUT2D eigenvalue weighted by Gasteiger charge is -2.36. The van der Waals surface area contributed by atoms with E-state index in [4.69, 9.17) is 4.43 Å². The SMILES string of the molecule is CC(C)(C)[Si](C)(C)Oc1ccc(C(=O)O)c2ccccc12. The van der Waals surface area contributed by atoms with Gasteiger partial charge in [0, 0.05) is 5.39 Å². The van der Waals surface area contributed by atoms with Gasteiger partial charge in [-0.3, -0.25) is 0 Å². The molecule has 0 aromatic heterocycles. The molecule has 0 spiro atoms. The molecule has 1 N–H and O–H groups in total. The highest BCUT2D eigenvalue weighted by molar-refractivity contribution is 6.74. The summed E-state index contributed by atoms with van der Waals surface area (Å²) < 4.78 is 6.36. The fraction of sp³-hybridized carbons (Fsp3) is 0.353. The lowest BCUT2D eigenvalue weighted by molar-refractivity contribution is 0.0699. The van der Waals surface area contributed by atoms with Crippen molar-refractivity contribution in [1.29, 1.82) is 0 Å². The number of rotatable bonds is 3. The third-order valence-electron chi connectivity index (χ3n) is 4.29. The molecule has 0 aliphatic heterocycles. The number of hydrogen-bond donors (Lipinski definition) is 1. The summed E-state index contributed by atoms with van der Waals surface area (Å²) in [5, 5.41) is 11.0. The van der Waals surface area contributed by atoms with Crippen molar-refractivity contribution in [2.75, 3.05) is 0 Å². The van der Waals surface area contributed by atoms with E-state index in [9.17, 15) is 9.90 Å². The van der Waals surface area contributed by atoms with Gasteiger partial charge in [-0.05, 0) is 35.7 Å². The zero-order chi connectivity index (χ0) is 15.8. The van der Waals surface area contributed by atoms with Crippen LogP contribution in [0.15, 0.2) is 36.4 Å². The number of carboxylic acid groups (broad SMARTS) is 1. The number of carbonyl (C=O) groups is 1. The summed E-state index contributed by atoms with van der Waals surface area (Å²) in [6.45, 7) is 10.9. The Morgan fingerprint density at radius 2 is 1.62 bits per heavy atom. The Kier molecular flexibility index (Phi) is 3.85. The summed E-state index contributed by atoms with van der Waals surface area (Å²) in [6.07, 6.45) is 0. The minimum Gasteiger partial charge on any atom is -0.543 e. The van der Waals surface area contributed by atoms with Crippen molar-refractivity contribution >= 4 is 25.1 Å². The molecule has 0 aliphatic rings. The molecule has 0 aliphatic carbocycles. The van der Waals surface area contributed by atoms with Gasteiger partial charge in [0.1, 0.15) is 5.75 Å². The zero-order valence-electron chi connectivity index (χ0n) is 13.2. The van der Waals surface area contributed by atoms with Gasteiger partial charge in [-0.25, -0.2) is 4.79 Å². The fourth-order valence-electron chi connectivity index (χ4n) is 1.97. The highest BCUT2D eigenvalue weighted by atomic mass is 28.4. The molecule has 0 saturated carbocycles. The monoisotopic (exact) mass is 302 g/mol. The molecule has 0 radical (unpaired) electrons. The van der Waals surface area contributed by atoms with Gasteiger partial charge in [-0.2, -0.15) is 0 Å². The van der Waals surface area contributed by atoms with Crippen molar-refractivity contribution in [3.63, 3.8) is 0 Å². The molecule has 2 rings (SSSR count). The Hall–Kier alpha value is -1.81. The molecular weight excluding hydrogens is 280 g/mol. The average Bonchev–Trinajstić information content (AvgIpc) is 2.37. The first-order chi connectivity index (χ1) is 9.63. The summed E-state index contributed by atoms with van der Waals surface area (Å²) in [5.74, 6) is -0.132. The number of hydrogen-bond acceptors (Lipinski definition) is 2. The van der Waals surface area contributed by atoms with Gasteiger partial charge in [-0.15, -0.1) is 0 Å². The van der Waals surface area contributed by atoms with Crippen LogP contribution in [-0.2, 0) is 0 Å². The molecule has 2 aromatic rings. The third kappa shape index (κ3) is 2.95. The summed E-state index contributed by atoms with van der Waals surface area (Å²) in [6, 6.07) is 10.9. The van der Waals surface area contributed by atoms with Crippen LogP contribution in [0.3, 0.4) is 0 Å². The molecule has 0 bridgehead atoms. The van der Waals surface area contributed by atoms with Crippen molar-refractivity contribution in [3.05, 3.63) is 42.0 Å². The van der Waals surface area contributed by atoms with E-state index in [1.807, 2.05) is 24.3 Å². The molecule has 0 atom stereocenters. The van der Waals surface area contributed by atoms with Crippen molar-refractivity contribution in [2.24, 2.45) is 0 Å². The van der Waals surface area contributed by atoms with Crippen LogP contribution < -0.4 is 4.43 Å². The number of fused-ring (bicyclic) bond motifs is 1. The second-order valence-electron chi connectivity index (χ2n) is 6.82. The molecule has 112 valence electrons. The first kappa shape index (κ1) is 15.6. The van der Waals surface area contributed by atoms with Crippen LogP contribution in [0.25, 0.3) is 10.8 Å². The Morgan fingerprint density at radius 1 is 1.05 bits per heavy atom. The first-order valence-electron chi connectivity index (χ1n) is 7.07. The Bertz CT molecular complexity index is 684. The molecule has 2 aromatic carbocycles. The molecular formula is C17H22O3Si. The molecule has 0 amide bonds. The van der Waals surface area contributed by atoms with Gasteiger partial charge < -0.3 is 9.53 Å². The fourth-order valence-corrected chi connectivity index (χ4v) is 3.01. The van der Waals surface area contributed by atoms with Crippen LogP contribution in [0.4, 0.5) is 0 Å². The number of benzene rings is 2. The van der Waals surface area contributed by atoms with Crippen molar-refractivity contribution in [3.8, 4) is 5.75 Å². The van der Waals surface area contributed by atoms with Crippen LogP contribution >= 0.6 is 0 Å². The summed E-state index contributed by atoms with van der Waals surface area (Å²) in [5.41, 5.74) is 0.313. The molecule has 0 fully saturated rings. The van der Waals surface area contributed by atoms with Crippen LogP contribution in [0.1, 0.15) is 31.1 Å². The van der Waals surface area contributed by atoms with Gasteiger partial charge in [0.2, 0.25) is 0 Å². The largest absolute Gasteiger partial charge is 0.543 e. The quantitative estimate of drug-likeness (QED) is 0.818. The van der Waals surface area contributed by atoms with E-state index in [1.165, 1.54) is 0 Å². The lowest BCUT2D eigenvalue weighted by Crippen LogP contribution is -2.43. The van der Waals surface area contributed by atoms with Crippen molar-refractivity contribution in [2.45, 2.75) is 38.9 Å². The Morgan fingerprint density at radius 3 is 2.14 bits per heavy atom. The van der Waals surface area contributed by atoms with E-state index < -0.39 is 14.3 Å². The lowest BCUT2D eigenvalue weighted by atomic mass is 10.0. The topological polar surface area (TPSA) is 46.5 Å². The summed E-state index contributed by atoms with van der Waals surface area (Å²) >= 11 is 0. The maximum absolute atomic E-state index is 11.3. The minimum atomic E-state index is -1.95. The van der Waals surface area contributed by atoms with Crippen LogP contribution in [0.5, 0.6) is 5.75 Å². The maximum Gasteiger partial charge on any atom is 0.336 e. The van der Waals surface area contributed by atoms with Crippen molar-refractivity contribution < 1.29 is 14.3 Å². The molecule has 4 heteroatoms. The van der Waals surface area contributed by atoms with Crippen LogP contribution in [-0.4, -0.2) is 19.4 Å². The van der Waals surface area contributed by atoms with Gasteiger partial charge in [0.05, 0.1) is 5.56 Å². The van der Waals surface area contributed by atoms with Crippen LogP contribution in [0.2, 0.25) is 18.1 Å². The van der Waals surface area contributed by atoms with E-state index in [0.717, 1.165) is 16.5 Å². The highest BCUT2D eigenvalue weighted by Crippen LogP contribution is 2.39. The van der Waals surface area contributed by atoms with Crippen molar-refractivity contribution in [1.82, 2.24) is 0 Å². The van der Waals surface area contributed by atoms with E-state index in [0.29, 0.717) is 5.56 Å². The zero-order valence-corrected chi connectivity index (χ0v) is 14.2. The Balaban J connectivity index is 2.57. The second kappa shape index (κ2) is 5.19. The van der Waals surface area contributed by atoms with E-state index in [1.54, 1.807) is 12.1 Å². The summed E-state index contributed by atoms with van der Waals surface area (Å²) in [7, 11) is -1.95. The molecule has 21 heavy (non-hydrogen) atoms. The van der Waals surface area contributed by atoms with Gasteiger partial charge in [0.15, 0.2) is 0 Å². The van der Waals surface area contributed by atoms with Gasteiger partial charge in [-0.1, -0.05) is 45.0 Å². The maximum atomic E-state index is 11.3. The summed E-state index contributed by atoms with van der Waals surface area (Å²) in [4.78, 5) is 11.3. The molecule has 0 heterocycles. The van der Waals surface area contributed by atoms with E-state index in [2.05, 4.69) is 33.9 Å². The highest BCUT2D eigenvalue weighted by Gasteiger charge is 2.39. The number of carboxylic acids is 1. The number of aromatic carboxylic acids is 1. The normalized spacial score (nSPS) is 12.4. The minimum absolute atomic E-state index is 0.0968. The van der Waals surface area contributed by atoms with Gasteiger partial charge in [0.25, 0.3) is 8.32 Å². The average molecular weight is 302 g/mol. The molecule has 0 saturated heterocycles. The molecule has 0 unspecified atom stereocenters. The van der Waals surface area contributed by atoms with Crippen LogP contribution in [0, 0.1) is 0 Å². The predicted octanol–water partition coefficient (Wildman–Crippen LogP) is 4.92. The smallest absolute Gasteiger partial charge is 0.336 e. The predicted molar refractivity (Wildman–Crippen MR) is 88.7 cm³/mol. The first-order valence-corrected chi connectivity index (χ1v) is 9.98.